The number of benzene rings is 3. The molecule has 1 aliphatic heterocycles. The predicted octanol–water partition coefficient (Wildman–Crippen LogP) is 4.66. The monoisotopic (exact) mass is 413 g/mol. The number of carbonyl (C=O) groups excluding carboxylic acids is 1. The average molecular weight is 413 g/mol. The summed E-state index contributed by atoms with van der Waals surface area (Å²) >= 11 is 0. The van der Waals surface area contributed by atoms with Gasteiger partial charge in [0.1, 0.15) is 11.5 Å². The van der Waals surface area contributed by atoms with Crippen LogP contribution in [0, 0.1) is 5.82 Å². The normalized spacial score (nSPS) is 15.2. The van der Waals surface area contributed by atoms with Crippen LogP contribution >= 0.6 is 0 Å². The summed E-state index contributed by atoms with van der Waals surface area (Å²) in [5.74, 6) is -1.71. The van der Waals surface area contributed by atoms with Crippen LogP contribution in [0.1, 0.15) is 38.0 Å². The Labute approximate surface area is 176 Å². The largest absolute Gasteiger partial charge is 0.478 e. The van der Waals surface area contributed by atoms with Crippen molar-refractivity contribution in [1.82, 2.24) is 10.2 Å². The van der Waals surface area contributed by atoms with Crippen molar-refractivity contribution < 1.29 is 19.1 Å². The van der Waals surface area contributed by atoms with Gasteiger partial charge in [0.2, 0.25) is 0 Å². The van der Waals surface area contributed by atoms with E-state index in [2.05, 4.69) is 10.2 Å². The number of nitrogens with one attached hydrogen (secondary N) is 1. The second-order valence-electron chi connectivity index (χ2n) is 7.21. The molecule has 1 atom stereocenters. The first-order chi connectivity index (χ1) is 15.0. The lowest BCUT2D eigenvalue weighted by Gasteiger charge is -2.26. The molecule has 0 saturated heterocycles. The molecule has 4 aromatic rings. The molecule has 0 fully saturated rings. The van der Waals surface area contributed by atoms with E-state index in [4.69, 9.17) is 0 Å². The Bertz CT molecular complexity index is 1280. The van der Waals surface area contributed by atoms with E-state index < -0.39 is 12.0 Å². The van der Waals surface area contributed by atoms with Gasteiger partial charge in [-0.15, -0.1) is 0 Å². The highest BCUT2D eigenvalue weighted by Crippen LogP contribution is 2.44. The van der Waals surface area contributed by atoms with Crippen LogP contribution in [0.2, 0.25) is 0 Å². The molecule has 2 N–H and O–H groups in total. The number of anilines is 1. The number of fused-ring (bicyclic) bond motifs is 1. The van der Waals surface area contributed by atoms with Crippen LogP contribution in [-0.4, -0.2) is 27.2 Å². The molecular formula is C24H16FN3O3. The number of aromatic carboxylic acids is 1. The van der Waals surface area contributed by atoms with Gasteiger partial charge >= 0.3 is 5.97 Å². The van der Waals surface area contributed by atoms with E-state index in [9.17, 15) is 19.1 Å². The lowest BCUT2D eigenvalue weighted by molar-refractivity contribution is 0.0696. The Kier molecular flexibility index (Phi) is 4.36. The number of rotatable bonds is 4. The number of amides is 1. The van der Waals surface area contributed by atoms with Crippen molar-refractivity contribution in [3.8, 4) is 11.3 Å². The molecule has 1 aliphatic rings. The van der Waals surface area contributed by atoms with E-state index in [0.29, 0.717) is 22.6 Å². The number of H-pyrrole nitrogens is 1. The fourth-order valence-corrected chi connectivity index (χ4v) is 3.95. The second kappa shape index (κ2) is 7.21. The third-order valence-corrected chi connectivity index (χ3v) is 5.39. The third-order valence-electron chi connectivity index (χ3n) is 5.39. The van der Waals surface area contributed by atoms with Crippen LogP contribution in [0.5, 0.6) is 0 Å². The molecule has 152 valence electrons. The molecule has 6 nitrogen and oxygen atoms in total. The third kappa shape index (κ3) is 3.07. The maximum atomic E-state index is 13.6. The maximum Gasteiger partial charge on any atom is 0.335 e. The van der Waals surface area contributed by atoms with Crippen molar-refractivity contribution in [3.05, 3.63) is 107 Å². The molecule has 1 aromatic heterocycles. The molecule has 0 unspecified atom stereocenters. The van der Waals surface area contributed by atoms with Gasteiger partial charge in [-0.3, -0.25) is 14.8 Å². The fraction of sp³-hybridized carbons (Fsp3) is 0.0417. The maximum absolute atomic E-state index is 13.6. The summed E-state index contributed by atoms with van der Waals surface area (Å²) in [4.78, 5) is 26.2. The van der Waals surface area contributed by atoms with Crippen molar-refractivity contribution in [2.75, 3.05) is 4.90 Å². The van der Waals surface area contributed by atoms with E-state index in [1.54, 1.807) is 29.2 Å². The van der Waals surface area contributed by atoms with Gasteiger partial charge in [0.05, 0.1) is 17.3 Å². The molecule has 0 saturated carbocycles. The molecular weight excluding hydrogens is 397 g/mol. The lowest BCUT2D eigenvalue weighted by atomic mass is 9.96. The number of carbonyl (C=O) groups is 2. The topological polar surface area (TPSA) is 86.3 Å². The zero-order chi connectivity index (χ0) is 21.5. The van der Waals surface area contributed by atoms with E-state index >= 15 is 0 Å². The highest BCUT2D eigenvalue weighted by atomic mass is 19.1. The van der Waals surface area contributed by atoms with Gasteiger partial charge in [-0.1, -0.05) is 42.5 Å². The number of hydrogen-bond donors (Lipinski definition) is 2. The van der Waals surface area contributed by atoms with Crippen molar-refractivity contribution in [2.45, 2.75) is 6.04 Å². The van der Waals surface area contributed by atoms with Crippen LogP contribution in [0.25, 0.3) is 11.3 Å². The Morgan fingerprint density at radius 1 is 0.968 bits per heavy atom. The average Bonchev–Trinajstić information content (AvgIpc) is 3.34. The minimum Gasteiger partial charge on any atom is -0.478 e. The smallest absolute Gasteiger partial charge is 0.335 e. The number of carboxylic acid groups (broad SMARTS) is 1. The van der Waals surface area contributed by atoms with Crippen molar-refractivity contribution in [1.29, 1.82) is 0 Å². The van der Waals surface area contributed by atoms with Gasteiger partial charge in [0, 0.05) is 16.8 Å². The van der Waals surface area contributed by atoms with Crippen molar-refractivity contribution in [2.24, 2.45) is 0 Å². The number of aromatic nitrogens is 2. The lowest BCUT2D eigenvalue weighted by Crippen LogP contribution is -2.29. The van der Waals surface area contributed by atoms with Crippen LogP contribution in [0.3, 0.4) is 0 Å². The fourth-order valence-electron chi connectivity index (χ4n) is 3.95. The summed E-state index contributed by atoms with van der Waals surface area (Å²) in [7, 11) is 0. The van der Waals surface area contributed by atoms with Gasteiger partial charge in [0.15, 0.2) is 0 Å². The molecule has 0 aliphatic carbocycles. The molecule has 2 heterocycles. The number of hydrogen-bond acceptors (Lipinski definition) is 3. The van der Waals surface area contributed by atoms with Crippen molar-refractivity contribution in [3.63, 3.8) is 0 Å². The summed E-state index contributed by atoms with van der Waals surface area (Å²) in [5.41, 5.74) is 3.92. The first-order valence-corrected chi connectivity index (χ1v) is 9.60. The van der Waals surface area contributed by atoms with E-state index in [1.165, 1.54) is 24.3 Å². The first-order valence-electron chi connectivity index (χ1n) is 9.60. The molecule has 31 heavy (non-hydrogen) atoms. The van der Waals surface area contributed by atoms with Gasteiger partial charge < -0.3 is 5.11 Å². The molecule has 5 rings (SSSR count). The number of aromatic amines is 1. The van der Waals surface area contributed by atoms with Crippen LogP contribution in [-0.2, 0) is 0 Å². The summed E-state index contributed by atoms with van der Waals surface area (Å²) in [6.45, 7) is 0. The predicted molar refractivity (Wildman–Crippen MR) is 112 cm³/mol. The van der Waals surface area contributed by atoms with Gasteiger partial charge in [-0.2, -0.15) is 5.10 Å². The van der Waals surface area contributed by atoms with E-state index in [-0.39, 0.29) is 17.3 Å². The van der Waals surface area contributed by atoms with Gasteiger partial charge in [-0.05, 0) is 42.0 Å². The minimum absolute atomic E-state index is 0.124. The standard InChI is InChI=1S/C24H16FN3O3/c25-17-10-6-15(7-11-17)22-19-20(14-4-2-1-3-5-14)26-27-21(19)23(29)28(22)18-12-8-16(9-13-18)24(30)31/h1-13,22H,(H,26,27)(H,30,31)/t22-/m0/s1. The summed E-state index contributed by atoms with van der Waals surface area (Å²) in [6, 6.07) is 21.0. The Morgan fingerprint density at radius 3 is 2.29 bits per heavy atom. The van der Waals surface area contributed by atoms with E-state index in [0.717, 1.165) is 11.1 Å². The molecule has 0 spiro atoms. The Balaban J connectivity index is 1.69. The van der Waals surface area contributed by atoms with Gasteiger partial charge in [0.25, 0.3) is 5.91 Å². The number of carboxylic acids is 1. The summed E-state index contributed by atoms with van der Waals surface area (Å²) < 4.78 is 13.6. The second-order valence-corrected chi connectivity index (χ2v) is 7.21. The highest BCUT2D eigenvalue weighted by molar-refractivity contribution is 6.11. The first kappa shape index (κ1) is 18.7. The Hall–Kier alpha value is -4.26. The van der Waals surface area contributed by atoms with Crippen LogP contribution < -0.4 is 4.90 Å². The quantitative estimate of drug-likeness (QED) is 0.509. The molecule has 0 radical (unpaired) electrons. The summed E-state index contributed by atoms with van der Waals surface area (Å²) in [5, 5.41) is 16.4. The van der Waals surface area contributed by atoms with Gasteiger partial charge in [-0.25, -0.2) is 9.18 Å². The number of halogens is 1. The molecule has 3 aromatic carbocycles. The Morgan fingerprint density at radius 2 is 1.65 bits per heavy atom. The molecule has 7 heteroatoms. The molecule has 0 bridgehead atoms. The minimum atomic E-state index is -1.05. The SMILES string of the molecule is O=C(O)c1ccc(N2C(=O)c3[nH]nc(-c4ccccc4)c3[C@@H]2c2ccc(F)cc2)cc1. The van der Waals surface area contributed by atoms with Crippen LogP contribution in [0.4, 0.5) is 10.1 Å². The van der Waals surface area contributed by atoms with E-state index in [1.807, 2.05) is 30.3 Å². The summed E-state index contributed by atoms with van der Waals surface area (Å²) in [6.07, 6.45) is 0. The zero-order valence-corrected chi connectivity index (χ0v) is 16.1. The highest BCUT2D eigenvalue weighted by Gasteiger charge is 2.43. The molecule has 1 amide bonds. The van der Waals surface area contributed by atoms with Crippen molar-refractivity contribution >= 4 is 17.6 Å². The zero-order valence-electron chi connectivity index (χ0n) is 16.1. The van der Waals surface area contributed by atoms with Crippen LogP contribution in [0.15, 0.2) is 78.9 Å². The number of nitrogens with zero attached hydrogens (tertiary/aromatic N) is 2.